The standard InChI is InChI=1S/C28H41NO5/c1-5-7-8-9-10-11-12-13-17-26-29-24(25(6-2)34-26)21-32-19-22-15-14-16-23(18-22)20-33-28(3,4)27(30)31/h5,7-13,22-23H,6,14-21H2,1-4H3,(H,30,31)/b7-5+,9-8-,11-10-,13-12+. The third-order valence-electron chi connectivity index (χ3n) is 6.00. The van der Waals surface area contributed by atoms with E-state index in [0.717, 1.165) is 43.6 Å². The molecule has 1 aromatic heterocycles. The zero-order valence-corrected chi connectivity index (χ0v) is 21.2. The summed E-state index contributed by atoms with van der Waals surface area (Å²) in [5.74, 6) is 1.51. The summed E-state index contributed by atoms with van der Waals surface area (Å²) in [7, 11) is 0. The molecule has 2 atom stereocenters. The van der Waals surface area contributed by atoms with Crippen LogP contribution in [0.4, 0.5) is 0 Å². The van der Waals surface area contributed by atoms with Gasteiger partial charge in [0, 0.05) is 19.4 Å². The number of hydrogen-bond donors (Lipinski definition) is 1. The third-order valence-corrected chi connectivity index (χ3v) is 6.00. The molecule has 1 aromatic rings. The summed E-state index contributed by atoms with van der Waals surface area (Å²) in [5.41, 5.74) is -0.256. The Bertz CT molecular complexity index is 862. The van der Waals surface area contributed by atoms with Gasteiger partial charge in [0.15, 0.2) is 11.5 Å². The van der Waals surface area contributed by atoms with Gasteiger partial charge in [-0.3, -0.25) is 0 Å². The minimum Gasteiger partial charge on any atom is -0.479 e. The first-order valence-electron chi connectivity index (χ1n) is 12.4. The van der Waals surface area contributed by atoms with E-state index >= 15 is 0 Å². The van der Waals surface area contributed by atoms with Gasteiger partial charge < -0.3 is 19.0 Å². The maximum atomic E-state index is 11.3. The molecule has 2 rings (SSSR count). The first-order valence-corrected chi connectivity index (χ1v) is 12.4. The van der Waals surface area contributed by atoms with E-state index in [1.165, 1.54) is 0 Å². The average Bonchev–Trinajstić information content (AvgIpc) is 3.21. The van der Waals surface area contributed by atoms with Crippen molar-refractivity contribution in [2.75, 3.05) is 13.2 Å². The van der Waals surface area contributed by atoms with Gasteiger partial charge in [0.1, 0.15) is 11.5 Å². The van der Waals surface area contributed by atoms with E-state index in [9.17, 15) is 9.90 Å². The van der Waals surface area contributed by atoms with Crippen molar-refractivity contribution in [1.29, 1.82) is 0 Å². The predicted molar refractivity (Wildman–Crippen MR) is 135 cm³/mol. The van der Waals surface area contributed by atoms with Crippen molar-refractivity contribution in [1.82, 2.24) is 4.98 Å². The normalized spacial score (nSPS) is 19.9. The molecule has 0 spiro atoms. The molecule has 2 unspecified atom stereocenters. The minimum atomic E-state index is -1.14. The second-order valence-corrected chi connectivity index (χ2v) is 9.30. The van der Waals surface area contributed by atoms with Gasteiger partial charge in [-0.05, 0) is 51.9 Å². The van der Waals surface area contributed by atoms with Gasteiger partial charge in [0.2, 0.25) is 0 Å². The number of allylic oxidation sites excluding steroid dienone is 8. The number of carboxylic acid groups (broad SMARTS) is 1. The maximum absolute atomic E-state index is 11.3. The van der Waals surface area contributed by atoms with Gasteiger partial charge in [-0.1, -0.05) is 62.0 Å². The molecule has 1 saturated carbocycles. The molecule has 0 aromatic carbocycles. The van der Waals surface area contributed by atoms with Crippen molar-refractivity contribution >= 4 is 5.97 Å². The van der Waals surface area contributed by atoms with Crippen LogP contribution in [0.15, 0.2) is 53.0 Å². The zero-order chi connectivity index (χ0) is 24.8. The summed E-state index contributed by atoms with van der Waals surface area (Å²) in [6.45, 7) is 8.87. The third kappa shape index (κ3) is 9.82. The molecule has 34 heavy (non-hydrogen) atoms. The first-order chi connectivity index (χ1) is 16.4. The topological polar surface area (TPSA) is 81.8 Å². The van der Waals surface area contributed by atoms with E-state index in [2.05, 4.69) is 11.9 Å². The summed E-state index contributed by atoms with van der Waals surface area (Å²) >= 11 is 0. The Morgan fingerprint density at radius 1 is 1.12 bits per heavy atom. The lowest BCUT2D eigenvalue weighted by molar-refractivity contribution is -0.163. The Labute approximate surface area is 204 Å². The monoisotopic (exact) mass is 471 g/mol. The highest BCUT2D eigenvalue weighted by atomic mass is 16.5. The van der Waals surface area contributed by atoms with E-state index in [1.54, 1.807) is 13.8 Å². The molecule has 1 aliphatic rings. The van der Waals surface area contributed by atoms with E-state index in [0.29, 0.717) is 44.0 Å². The second kappa shape index (κ2) is 14.7. The van der Waals surface area contributed by atoms with Gasteiger partial charge in [0.25, 0.3) is 0 Å². The van der Waals surface area contributed by atoms with Crippen LogP contribution in [0.3, 0.4) is 0 Å². The summed E-state index contributed by atoms with van der Waals surface area (Å²) < 4.78 is 17.6. The van der Waals surface area contributed by atoms with Crippen molar-refractivity contribution in [3.8, 4) is 0 Å². The van der Waals surface area contributed by atoms with Crippen LogP contribution in [0.5, 0.6) is 0 Å². The van der Waals surface area contributed by atoms with Crippen LogP contribution in [0, 0.1) is 11.8 Å². The van der Waals surface area contributed by atoms with Gasteiger partial charge in [0.05, 0.1) is 13.2 Å². The van der Waals surface area contributed by atoms with Gasteiger partial charge in [-0.25, -0.2) is 9.78 Å². The molecule has 0 bridgehead atoms. The molecule has 0 aliphatic heterocycles. The number of aryl methyl sites for hydroxylation is 1. The Balaban J connectivity index is 1.77. The predicted octanol–water partition coefficient (Wildman–Crippen LogP) is 6.23. The Hall–Kier alpha value is -2.44. The fourth-order valence-electron chi connectivity index (χ4n) is 3.94. The summed E-state index contributed by atoms with van der Waals surface area (Å²) in [6, 6.07) is 0. The Morgan fingerprint density at radius 2 is 1.79 bits per heavy atom. The summed E-state index contributed by atoms with van der Waals surface area (Å²) in [4.78, 5) is 15.9. The molecule has 188 valence electrons. The van der Waals surface area contributed by atoms with E-state index in [1.807, 2.05) is 55.5 Å². The average molecular weight is 472 g/mol. The number of carbonyl (C=O) groups is 1. The van der Waals surface area contributed by atoms with Crippen molar-refractivity contribution in [3.05, 3.63) is 66.0 Å². The molecule has 1 N–H and O–H groups in total. The van der Waals surface area contributed by atoms with Crippen LogP contribution in [0.25, 0.3) is 0 Å². The van der Waals surface area contributed by atoms with Crippen molar-refractivity contribution in [2.24, 2.45) is 11.8 Å². The molecule has 1 heterocycles. The van der Waals surface area contributed by atoms with Gasteiger partial charge in [-0.2, -0.15) is 0 Å². The molecule has 0 amide bonds. The van der Waals surface area contributed by atoms with Crippen molar-refractivity contribution in [3.63, 3.8) is 0 Å². The lowest BCUT2D eigenvalue weighted by Crippen LogP contribution is -2.37. The summed E-state index contributed by atoms with van der Waals surface area (Å²) in [6.07, 6.45) is 21.7. The van der Waals surface area contributed by atoms with Crippen LogP contribution in [-0.4, -0.2) is 34.9 Å². The highest BCUT2D eigenvalue weighted by Gasteiger charge is 2.30. The first kappa shape index (κ1) is 27.8. The number of oxazole rings is 1. The van der Waals surface area contributed by atoms with E-state index < -0.39 is 11.6 Å². The number of aliphatic carboxylic acids is 1. The largest absolute Gasteiger partial charge is 0.479 e. The SMILES string of the molecule is C/C=C/C=C\C=C/C=C/Cc1nc(COCC2CCCC(COC(C)(C)C(=O)O)C2)c(CC)o1. The highest BCUT2D eigenvalue weighted by Crippen LogP contribution is 2.30. The highest BCUT2D eigenvalue weighted by molar-refractivity contribution is 5.76. The number of nitrogens with zero attached hydrogens (tertiary/aromatic N) is 1. The fraction of sp³-hybridized carbons (Fsp3) is 0.571. The Kier molecular flexibility index (Phi) is 12.1. The lowest BCUT2D eigenvalue weighted by atomic mass is 9.82. The van der Waals surface area contributed by atoms with Crippen LogP contribution >= 0.6 is 0 Å². The fourth-order valence-corrected chi connectivity index (χ4v) is 3.94. The molecule has 1 aliphatic carbocycles. The Morgan fingerprint density at radius 3 is 2.47 bits per heavy atom. The number of hydrogen-bond acceptors (Lipinski definition) is 5. The molecule has 6 nitrogen and oxygen atoms in total. The number of aromatic nitrogens is 1. The maximum Gasteiger partial charge on any atom is 0.335 e. The molecular weight excluding hydrogens is 430 g/mol. The summed E-state index contributed by atoms with van der Waals surface area (Å²) in [5, 5.41) is 9.23. The number of rotatable bonds is 14. The molecule has 0 radical (unpaired) electrons. The second-order valence-electron chi connectivity index (χ2n) is 9.30. The van der Waals surface area contributed by atoms with Crippen molar-refractivity contribution in [2.45, 2.75) is 78.4 Å². The zero-order valence-electron chi connectivity index (χ0n) is 21.2. The quantitative estimate of drug-likeness (QED) is 0.324. The molecule has 6 heteroatoms. The van der Waals surface area contributed by atoms with Crippen LogP contribution in [0.1, 0.15) is 70.7 Å². The smallest absolute Gasteiger partial charge is 0.335 e. The minimum absolute atomic E-state index is 0.380. The van der Waals surface area contributed by atoms with Gasteiger partial charge in [-0.15, -0.1) is 0 Å². The molecular formula is C28H41NO5. The number of ether oxygens (including phenoxy) is 2. The van der Waals surface area contributed by atoms with E-state index in [4.69, 9.17) is 13.9 Å². The van der Waals surface area contributed by atoms with Crippen molar-refractivity contribution < 1.29 is 23.8 Å². The number of carboxylic acids is 1. The molecule has 1 fully saturated rings. The van der Waals surface area contributed by atoms with Gasteiger partial charge >= 0.3 is 5.97 Å². The van der Waals surface area contributed by atoms with Crippen LogP contribution in [-0.2, 0) is 33.7 Å². The van der Waals surface area contributed by atoms with E-state index in [-0.39, 0.29) is 0 Å². The van der Waals surface area contributed by atoms with Crippen LogP contribution < -0.4 is 0 Å². The lowest BCUT2D eigenvalue weighted by Gasteiger charge is -2.31. The van der Waals surface area contributed by atoms with Crippen LogP contribution in [0.2, 0.25) is 0 Å². The molecule has 0 saturated heterocycles.